The second-order valence-electron chi connectivity index (χ2n) is 10.8. The first-order chi connectivity index (χ1) is 19.0. The first kappa shape index (κ1) is 30.4. The lowest BCUT2D eigenvalue weighted by atomic mass is 9.99. The molecule has 8 N–H and O–H groups in total. The molecule has 0 saturated carbocycles. The minimum Gasteiger partial charge on any atom is -0.480 e. The van der Waals surface area contributed by atoms with Crippen LogP contribution in [0, 0.1) is 11.8 Å². The molecule has 3 amide bonds. The van der Waals surface area contributed by atoms with Crippen molar-refractivity contribution in [1.29, 1.82) is 0 Å². The highest BCUT2D eigenvalue weighted by Crippen LogP contribution is 2.19. The Labute approximate surface area is 232 Å². The quantitative estimate of drug-likeness (QED) is 0.156. The van der Waals surface area contributed by atoms with Crippen molar-refractivity contribution in [1.82, 2.24) is 30.9 Å². The molecule has 0 aliphatic rings. The number of carboxylic acids is 1. The molecule has 0 aliphatic carbocycles. The fourth-order valence-corrected chi connectivity index (χ4v) is 4.36. The molecule has 40 heavy (non-hydrogen) atoms. The average molecular weight is 554 g/mol. The standard InChI is InChI=1S/C28H39N7O5/c1-15(2)9-21(34-27(38)24(29)16(3)4)25(36)33-22(11-18-13-30-14-32-18)26(37)35-23(28(39)40)10-17-12-31-20-8-6-5-7-19(17)20/h5-8,12-16,21-24,31H,9-11,29H2,1-4H3,(H,30,32)(H,33,36)(H,34,38)(H,35,37)(H,39,40). The van der Waals surface area contributed by atoms with E-state index in [0.717, 1.165) is 16.5 Å². The Morgan fingerprint density at radius 1 is 0.900 bits per heavy atom. The van der Waals surface area contributed by atoms with Gasteiger partial charge in [0.1, 0.15) is 18.1 Å². The Morgan fingerprint density at radius 2 is 1.55 bits per heavy atom. The van der Waals surface area contributed by atoms with E-state index in [4.69, 9.17) is 5.73 Å². The number of nitrogens with two attached hydrogens (primary N) is 1. The third-order valence-corrected chi connectivity index (χ3v) is 6.69. The zero-order valence-electron chi connectivity index (χ0n) is 23.2. The van der Waals surface area contributed by atoms with Gasteiger partial charge in [-0.3, -0.25) is 14.4 Å². The number of hydrogen-bond donors (Lipinski definition) is 7. The zero-order valence-corrected chi connectivity index (χ0v) is 23.2. The van der Waals surface area contributed by atoms with E-state index in [1.165, 1.54) is 12.5 Å². The molecule has 0 fully saturated rings. The number of nitrogens with one attached hydrogen (secondary N) is 5. The molecule has 4 atom stereocenters. The topological polar surface area (TPSA) is 195 Å². The normalized spacial score (nSPS) is 14.5. The van der Waals surface area contributed by atoms with Crippen LogP contribution in [-0.4, -0.2) is 67.9 Å². The van der Waals surface area contributed by atoms with Crippen LogP contribution in [0.4, 0.5) is 0 Å². The Hall–Kier alpha value is -4.19. The summed E-state index contributed by atoms with van der Waals surface area (Å²) >= 11 is 0. The van der Waals surface area contributed by atoms with Gasteiger partial charge < -0.3 is 36.8 Å². The Morgan fingerprint density at radius 3 is 2.17 bits per heavy atom. The first-order valence-corrected chi connectivity index (χ1v) is 13.4. The molecule has 0 saturated heterocycles. The number of aliphatic carboxylic acids is 1. The monoisotopic (exact) mass is 553 g/mol. The number of H-pyrrole nitrogens is 2. The molecule has 216 valence electrons. The number of carboxylic acid groups (broad SMARTS) is 1. The maximum absolute atomic E-state index is 13.4. The van der Waals surface area contributed by atoms with Gasteiger partial charge in [-0.05, 0) is 29.9 Å². The summed E-state index contributed by atoms with van der Waals surface area (Å²) in [4.78, 5) is 61.6. The van der Waals surface area contributed by atoms with Gasteiger partial charge in [0.15, 0.2) is 0 Å². The fraction of sp³-hybridized carbons (Fsp3) is 0.464. The van der Waals surface area contributed by atoms with Crippen molar-refractivity contribution in [2.45, 2.75) is 71.1 Å². The van der Waals surface area contributed by atoms with Crippen LogP contribution in [0.1, 0.15) is 45.4 Å². The minimum absolute atomic E-state index is 0.0326. The van der Waals surface area contributed by atoms with Crippen molar-refractivity contribution in [3.8, 4) is 0 Å². The van der Waals surface area contributed by atoms with E-state index in [-0.39, 0.29) is 24.7 Å². The lowest BCUT2D eigenvalue weighted by molar-refractivity contribution is -0.142. The van der Waals surface area contributed by atoms with Crippen molar-refractivity contribution in [3.63, 3.8) is 0 Å². The number of aromatic amines is 2. The predicted molar refractivity (Wildman–Crippen MR) is 150 cm³/mol. The predicted octanol–water partition coefficient (Wildman–Crippen LogP) is 1.24. The molecule has 0 spiro atoms. The Kier molecular flexibility index (Phi) is 10.4. The molecule has 3 aromatic rings. The number of amides is 3. The molecule has 12 heteroatoms. The van der Waals surface area contributed by atoms with E-state index in [9.17, 15) is 24.3 Å². The van der Waals surface area contributed by atoms with E-state index in [1.54, 1.807) is 6.20 Å². The maximum atomic E-state index is 13.4. The summed E-state index contributed by atoms with van der Waals surface area (Å²) in [7, 11) is 0. The summed E-state index contributed by atoms with van der Waals surface area (Å²) < 4.78 is 0. The van der Waals surface area contributed by atoms with Crippen LogP contribution in [0.25, 0.3) is 10.9 Å². The summed E-state index contributed by atoms with van der Waals surface area (Å²) in [6.45, 7) is 7.43. The molecule has 2 heterocycles. The van der Waals surface area contributed by atoms with Gasteiger partial charge in [0.05, 0.1) is 12.4 Å². The van der Waals surface area contributed by atoms with Crippen molar-refractivity contribution >= 4 is 34.6 Å². The van der Waals surface area contributed by atoms with E-state index in [1.807, 2.05) is 52.0 Å². The maximum Gasteiger partial charge on any atom is 0.326 e. The second-order valence-corrected chi connectivity index (χ2v) is 10.8. The van der Waals surface area contributed by atoms with Gasteiger partial charge in [0.2, 0.25) is 17.7 Å². The number of para-hydroxylation sites is 1. The van der Waals surface area contributed by atoms with Gasteiger partial charge in [-0.15, -0.1) is 0 Å². The number of carbonyl (C=O) groups excluding carboxylic acids is 3. The van der Waals surface area contributed by atoms with Crippen molar-refractivity contribution in [2.24, 2.45) is 17.6 Å². The summed E-state index contributed by atoms with van der Waals surface area (Å²) in [6.07, 6.45) is 5.07. The molecule has 2 aromatic heterocycles. The van der Waals surface area contributed by atoms with Gasteiger partial charge in [0.25, 0.3) is 0 Å². The lowest BCUT2D eigenvalue weighted by Gasteiger charge is -2.26. The van der Waals surface area contributed by atoms with E-state index in [2.05, 4.69) is 30.9 Å². The van der Waals surface area contributed by atoms with Crippen LogP contribution >= 0.6 is 0 Å². The van der Waals surface area contributed by atoms with E-state index >= 15 is 0 Å². The highest BCUT2D eigenvalue weighted by atomic mass is 16.4. The minimum atomic E-state index is -1.25. The second kappa shape index (κ2) is 13.7. The van der Waals surface area contributed by atoms with Gasteiger partial charge >= 0.3 is 5.97 Å². The van der Waals surface area contributed by atoms with Gasteiger partial charge in [-0.1, -0.05) is 45.9 Å². The summed E-state index contributed by atoms with van der Waals surface area (Å²) in [5.41, 5.74) is 8.13. The summed E-state index contributed by atoms with van der Waals surface area (Å²) in [5.74, 6) is -3.00. The average Bonchev–Trinajstić information content (AvgIpc) is 3.56. The van der Waals surface area contributed by atoms with Gasteiger partial charge in [-0.2, -0.15) is 0 Å². The fourth-order valence-electron chi connectivity index (χ4n) is 4.36. The summed E-state index contributed by atoms with van der Waals surface area (Å²) in [6, 6.07) is 3.35. The largest absolute Gasteiger partial charge is 0.480 e. The van der Waals surface area contributed by atoms with Gasteiger partial charge in [0, 0.05) is 41.8 Å². The highest BCUT2D eigenvalue weighted by Gasteiger charge is 2.32. The molecular weight excluding hydrogens is 514 g/mol. The Bertz CT molecular complexity index is 1300. The van der Waals surface area contributed by atoms with Crippen LogP contribution in [0.3, 0.4) is 0 Å². The molecule has 0 bridgehead atoms. The van der Waals surface area contributed by atoms with Crippen molar-refractivity contribution in [2.75, 3.05) is 0 Å². The molecule has 0 aliphatic heterocycles. The lowest BCUT2D eigenvalue weighted by Crippen LogP contribution is -2.58. The van der Waals surface area contributed by atoms with Crippen LogP contribution in [0.15, 0.2) is 43.0 Å². The van der Waals surface area contributed by atoms with Crippen molar-refractivity contribution < 1.29 is 24.3 Å². The molecule has 3 rings (SSSR count). The zero-order chi connectivity index (χ0) is 29.4. The molecule has 12 nitrogen and oxygen atoms in total. The number of imidazole rings is 1. The number of fused-ring (bicyclic) bond motifs is 1. The number of nitrogens with zero attached hydrogens (tertiary/aromatic N) is 1. The number of hydrogen-bond acceptors (Lipinski definition) is 6. The smallest absolute Gasteiger partial charge is 0.326 e. The molecule has 1 aromatic carbocycles. The summed E-state index contributed by atoms with van der Waals surface area (Å²) in [5, 5.41) is 18.8. The van der Waals surface area contributed by atoms with E-state index < -0.39 is 47.9 Å². The van der Waals surface area contributed by atoms with Crippen LogP contribution in [0.5, 0.6) is 0 Å². The number of carbonyl (C=O) groups is 4. The SMILES string of the molecule is CC(C)CC(NC(=O)C(N)C(C)C)C(=O)NC(Cc1cnc[nH]1)C(=O)NC(Cc1c[nH]c2ccccc12)C(=O)O. The van der Waals surface area contributed by atoms with E-state index in [0.29, 0.717) is 12.1 Å². The van der Waals surface area contributed by atoms with Crippen LogP contribution < -0.4 is 21.7 Å². The Balaban J connectivity index is 1.79. The van der Waals surface area contributed by atoms with Crippen LogP contribution in [-0.2, 0) is 32.0 Å². The number of rotatable bonds is 14. The number of aromatic nitrogens is 3. The molecule has 0 radical (unpaired) electrons. The third-order valence-electron chi connectivity index (χ3n) is 6.69. The van der Waals surface area contributed by atoms with Crippen LogP contribution in [0.2, 0.25) is 0 Å². The molecular formula is C28H39N7O5. The van der Waals surface area contributed by atoms with Gasteiger partial charge in [-0.25, -0.2) is 9.78 Å². The third kappa shape index (κ3) is 8.15. The van der Waals surface area contributed by atoms with Crippen molar-refractivity contribution in [3.05, 3.63) is 54.2 Å². The molecule has 4 unspecified atom stereocenters. The highest BCUT2D eigenvalue weighted by molar-refractivity contribution is 5.94. The number of benzene rings is 1. The first-order valence-electron chi connectivity index (χ1n) is 13.4.